The summed E-state index contributed by atoms with van der Waals surface area (Å²) in [4.78, 5) is 33.2. The first kappa shape index (κ1) is 40.8. The third-order valence-electron chi connectivity index (χ3n) is 9.92. The summed E-state index contributed by atoms with van der Waals surface area (Å²) in [5.74, 6) is 1.19. The molecule has 3 aromatic rings. The normalized spacial score (nSPS) is 16.3. The van der Waals surface area contributed by atoms with E-state index in [1.807, 2.05) is 45.2 Å². The number of aliphatic imine (C=N–C) groups is 1. The molecule has 12 heteroatoms. The Hall–Kier alpha value is -5.33. The summed E-state index contributed by atoms with van der Waals surface area (Å²) in [5.41, 5.74) is 8.80. The second kappa shape index (κ2) is 19.8. The van der Waals surface area contributed by atoms with Gasteiger partial charge in [0.25, 0.3) is 11.8 Å². The zero-order valence-corrected chi connectivity index (χ0v) is 32.5. The number of methoxy groups -OCH3 is 1. The molecule has 294 valence electrons. The van der Waals surface area contributed by atoms with E-state index in [-0.39, 0.29) is 29.6 Å². The van der Waals surface area contributed by atoms with E-state index in [9.17, 15) is 14.8 Å². The number of ether oxygens (including phenoxy) is 4. The van der Waals surface area contributed by atoms with E-state index in [1.54, 1.807) is 42.5 Å². The average Bonchev–Trinajstić information content (AvgIpc) is 3.50. The van der Waals surface area contributed by atoms with Gasteiger partial charge in [0.15, 0.2) is 11.5 Å². The molecule has 2 amide bonds. The molecule has 55 heavy (non-hydrogen) atoms. The topological polar surface area (TPSA) is 143 Å². The van der Waals surface area contributed by atoms with Gasteiger partial charge in [-0.25, -0.2) is 0 Å². The number of nitrogens with one attached hydrogen (secondary N) is 3. The number of hydrogen-bond acceptors (Lipinski definition) is 10. The van der Waals surface area contributed by atoms with Crippen LogP contribution in [0.1, 0.15) is 84.2 Å². The molecule has 12 nitrogen and oxygen atoms in total. The molecule has 5 rings (SSSR count). The molecular formula is C43H55N5O7. The van der Waals surface area contributed by atoms with Crippen molar-refractivity contribution in [1.82, 2.24) is 10.2 Å². The van der Waals surface area contributed by atoms with Crippen molar-refractivity contribution in [2.45, 2.75) is 77.5 Å². The molecule has 1 fully saturated rings. The van der Waals surface area contributed by atoms with Gasteiger partial charge in [0.1, 0.15) is 5.75 Å². The van der Waals surface area contributed by atoms with E-state index < -0.39 is 0 Å². The summed E-state index contributed by atoms with van der Waals surface area (Å²) in [7, 11) is 3.43. The standard InChI is InChI=1S/C43H55N5O7/c1-7-28(3)18-33-24-45-37-22-41(40(52-6)21-35(37)42(49)46-33)55-17-11-9-10-16-54-39-23-38(47-51)36(20-31(39)8-2)43(50)48-25-29(4)19-34(48)27-53-26-30-12-14-32(44-5)15-13-30/h12-15,20-24,33-34,44,47,51H,3-4,7-11,16-19,25-27H2,1-2,5-6H3,(H,46,49). The Labute approximate surface area is 324 Å². The van der Waals surface area contributed by atoms with Crippen molar-refractivity contribution in [3.63, 3.8) is 0 Å². The molecule has 0 aliphatic carbocycles. The first-order valence-electron chi connectivity index (χ1n) is 19.1. The lowest BCUT2D eigenvalue weighted by molar-refractivity contribution is 0.0497. The van der Waals surface area contributed by atoms with Crippen LogP contribution in [0.5, 0.6) is 17.2 Å². The Morgan fingerprint density at radius 3 is 2.45 bits per heavy atom. The maximum absolute atomic E-state index is 13.9. The lowest BCUT2D eigenvalue weighted by Crippen LogP contribution is -2.38. The highest BCUT2D eigenvalue weighted by atomic mass is 16.5. The first-order chi connectivity index (χ1) is 26.7. The van der Waals surface area contributed by atoms with Crippen LogP contribution in [-0.2, 0) is 17.8 Å². The maximum atomic E-state index is 13.9. The zero-order valence-electron chi connectivity index (χ0n) is 32.5. The third kappa shape index (κ3) is 10.7. The van der Waals surface area contributed by atoms with Crippen LogP contribution < -0.4 is 30.3 Å². The summed E-state index contributed by atoms with van der Waals surface area (Å²) in [5, 5.41) is 16.2. The first-order valence-corrected chi connectivity index (χ1v) is 19.1. The second-order valence-corrected chi connectivity index (χ2v) is 13.9. The summed E-state index contributed by atoms with van der Waals surface area (Å²) in [6, 6.07) is 14.6. The minimum Gasteiger partial charge on any atom is -0.493 e. The largest absolute Gasteiger partial charge is 0.493 e. The lowest BCUT2D eigenvalue weighted by atomic mass is 10.0. The Kier molecular flexibility index (Phi) is 14.7. The zero-order chi connectivity index (χ0) is 39.3. The minimum absolute atomic E-state index is 0.162. The molecule has 2 unspecified atom stereocenters. The molecule has 1 saturated heterocycles. The quantitative estimate of drug-likeness (QED) is 0.0515. The number of nitrogens with zero attached hydrogens (tertiary/aromatic N) is 2. The van der Waals surface area contributed by atoms with E-state index >= 15 is 0 Å². The van der Waals surface area contributed by atoms with Gasteiger partial charge in [-0.2, -0.15) is 0 Å². The lowest BCUT2D eigenvalue weighted by Gasteiger charge is -2.26. The van der Waals surface area contributed by atoms with Crippen molar-refractivity contribution in [2.75, 3.05) is 51.3 Å². The van der Waals surface area contributed by atoms with Gasteiger partial charge in [-0.15, -0.1) is 0 Å². The summed E-state index contributed by atoms with van der Waals surface area (Å²) in [6.45, 7) is 14.4. The molecule has 0 saturated carbocycles. The molecule has 2 atom stereocenters. The fourth-order valence-electron chi connectivity index (χ4n) is 6.67. The van der Waals surface area contributed by atoms with Crippen LogP contribution in [0.4, 0.5) is 17.1 Å². The molecule has 2 aliphatic heterocycles. The van der Waals surface area contributed by atoms with Crippen molar-refractivity contribution in [3.8, 4) is 17.2 Å². The maximum Gasteiger partial charge on any atom is 0.256 e. The number of fused-ring (bicyclic) bond motifs is 1. The highest BCUT2D eigenvalue weighted by Crippen LogP contribution is 2.36. The van der Waals surface area contributed by atoms with Crippen molar-refractivity contribution in [2.24, 2.45) is 4.99 Å². The molecule has 0 bridgehead atoms. The number of anilines is 2. The fourth-order valence-corrected chi connectivity index (χ4v) is 6.67. The van der Waals surface area contributed by atoms with E-state index in [0.29, 0.717) is 86.3 Å². The Bertz CT molecular complexity index is 1860. The number of unbranched alkanes of at least 4 members (excludes halogenated alkanes) is 2. The minimum atomic E-state index is -0.224. The number of benzene rings is 3. The van der Waals surface area contributed by atoms with Crippen molar-refractivity contribution in [1.29, 1.82) is 0 Å². The van der Waals surface area contributed by atoms with Crippen LogP contribution in [0.15, 0.2) is 77.8 Å². The van der Waals surface area contributed by atoms with Crippen molar-refractivity contribution >= 4 is 35.1 Å². The average molecular weight is 754 g/mol. The molecule has 4 N–H and O–H groups in total. The van der Waals surface area contributed by atoms with Crippen LogP contribution in [0.2, 0.25) is 0 Å². The van der Waals surface area contributed by atoms with Crippen LogP contribution in [0, 0.1) is 0 Å². The number of likely N-dealkylation sites (tertiary alicyclic amines) is 1. The van der Waals surface area contributed by atoms with Gasteiger partial charge < -0.3 is 34.5 Å². The Morgan fingerprint density at radius 2 is 1.78 bits per heavy atom. The molecule has 2 heterocycles. The van der Waals surface area contributed by atoms with Gasteiger partial charge in [0.05, 0.1) is 68.1 Å². The Balaban J connectivity index is 1.12. The molecule has 2 aliphatic rings. The summed E-state index contributed by atoms with van der Waals surface area (Å²) >= 11 is 0. The van der Waals surface area contributed by atoms with E-state index in [0.717, 1.165) is 53.6 Å². The predicted octanol–water partition coefficient (Wildman–Crippen LogP) is 7.89. The third-order valence-corrected chi connectivity index (χ3v) is 9.92. The highest BCUT2D eigenvalue weighted by Gasteiger charge is 2.33. The van der Waals surface area contributed by atoms with Gasteiger partial charge in [-0.1, -0.05) is 50.3 Å². The summed E-state index contributed by atoms with van der Waals surface area (Å²) < 4.78 is 23.8. The van der Waals surface area contributed by atoms with Crippen molar-refractivity contribution < 1.29 is 33.7 Å². The van der Waals surface area contributed by atoms with E-state index in [2.05, 4.69) is 34.3 Å². The molecule has 0 aromatic heterocycles. The smallest absolute Gasteiger partial charge is 0.256 e. The number of amides is 2. The highest BCUT2D eigenvalue weighted by molar-refractivity contribution is 6.03. The number of aryl methyl sites for hydroxylation is 1. The van der Waals surface area contributed by atoms with Crippen LogP contribution in [0.25, 0.3) is 0 Å². The van der Waals surface area contributed by atoms with Crippen molar-refractivity contribution in [3.05, 3.63) is 95.1 Å². The van der Waals surface area contributed by atoms with E-state index in [1.165, 1.54) is 0 Å². The van der Waals surface area contributed by atoms with Gasteiger partial charge in [0, 0.05) is 37.6 Å². The van der Waals surface area contributed by atoms with Gasteiger partial charge >= 0.3 is 0 Å². The molecule has 0 spiro atoms. The SMILES string of the molecule is C=C(CC)CC1C=Nc2cc(OCCCCCOc3cc(NO)c(C(=O)N4CC(=C)CC4COCc4ccc(NC)cc4)cc3CC)c(OC)cc2C(=O)N1. The van der Waals surface area contributed by atoms with Gasteiger partial charge in [-0.05, 0) is 80.3 Å². The number of carbonyl (C=O) groups is 2. The number of hydrogen-bond donors (Lipinski definition) is 4. The predicted molar refractivity (Wildman–Crippen MR) is 217 cm³/mol. The molecular weight excluding hydrogens is 699 g/mol. The van der Waals surface area contributed by atoms with E-state index in [4.69, 9.17) is 18.9 Å². The number of rotatable bonds is 20. The van der Waals surface area contributed by atoms with Crippen LogP contribution in [0.3, 0.4) is 0 Å². The molecule has 0 radical (unpaired) electrons. The van der Waals surface area contributed by atoms with Gasteiger partial charge in [-0.3, -0.25) is 25.3 Å². The molecule has 3 aromatic carbocycles. The Morgan fingerprint density at radius 1 is 1.04 bits per heavy atom. The number of carbonyl (C=O) groups excluding carboxylic acids is 2. The summed E-state index contributed by atoms with van der Waals surface area (Å²) in [6.07, 6.45) is 6.89. The fraction of sp³-hybridized carbons (Fsp3) is 0.419. The van der Waals surface area contributed by atoms with Crippen LogP contribution in [-0.4, -0.2) is 80.7 Å². The second-order valence-electron chi connectivity index (χ2n) is 13.9. The monoisotopic (exact) mass is 753 g/mol. The van der Waals surface area contributed by atoms with Crippen LogP contribution >= 0.6 is 0 Å². The van der Waals surface area contributed by atoms with Gasteiger partial charge in [0.2, 0.25) is 0 Å².